The van der Waals surface area contributed by atoms with Crippen LogP contribution in [0, 0.1) is 0 Å². The van der Waals surface area contributed by atoms with Crippen LogP contribution in [0.1, 0.15) is 17.3 Å². The Morgan fingerprint density at radius 3 is 2.89 bits per heavy atom. The average molecular weight is 400 g/mol. The summed E-state index contributed by atoms with van der Waals surface area (Å²) in [6.45, 7) is 1.98. The number of benzene rings is 1. The third-order valence-corrected chi connectivity index (χ3v) is 5.23. The smallest absolute Gasteiger partial charge is 0.343 e. The van der Waals surface area contributed by atoms with Crippen molar-refractivity contribution in [3.63, 3.8) is 0 Å². The van der Waals surface area contributed by atoms with Gasteiger partial charge in [0, 0.05) is 21.5 Å². The number of anilines is 1. The van der Waals surface area contributed by atoms with Crippen molar-refractivity contribution < 1.29 is 9.53 Å². The quantitative estimate of drug-likeness (QED) is 0.522. The topological polar surface area (TPSA) is 95.9 Å². The SMILES string of the molecule is CCOC(=O)c1cnn(-c2ncnc3scc(-c4ccccc4Cl)c23)c1N. The minimum absolute atomic E-state index is 0.157. The van der Waals surface area contributed by atoms with Gasteiger partial charge in [-0.25, -0.2) is 14.8 Å². The van der Waals surface area contributed by atoms with Gasteiger partial charge in [0.25, 0.3) is 0 Å². The van der Waals surface area contributed by atoms with Crippen LogP contribution in [0.25, 0.3) is 27.2 Å². The Bertz CT molecular complexity index is 1150. The van der Waals surface area contributed by atoms with Crippen molar-refractivity contribution in [1.29, 1.82) is 0 Å². The van der Waals surface area contributed by atoms with Crippen molar-refractivity contribution >= 4 is 44.9 Å². The molecule has 0 unspecified atom stereocenters. The van der Waals surface area contributed by atoms with Crippen LogP contribution in [0.4, 0.5) is 5.82 Å². The van der Waals surface area contributed by atoms with E-state index in [2.05, 4.69) is 15.1 Å². The monoisotopic (exact) mass is 399 g/mol. The standard InChI is InChI=1S/C18H14ClN5O2S/c1-2-26-18(25)11-7-23-24(15(11)20)16-14-12(8-27-17(14)22-9-21-16)10-5-3-4-6-13(10)19/h3-9H,2,20H2,1H3. The molecule has 4 rings (SSSR count). The van der Waals surface area contributed by atoms with Gasteiger partial charge in [-0.2, -0.15) is 9.78 Å². The Labute approximate surface area is 163 Å². The second kappa shape index (κ2) is 6.98. The minimum Gasteiger partial charge on any atom is -0.462 e. The van der Waals surface area contributed by atoms with Crippen LogP contribution in [-0.4, -0.2) is 32.3 Å². The van der Waals surface area contributed by atoms with E-state index in [1.54, 1.807) is 6.92 Å². The molecule has 0 amide bonds. The lowest BCUT2D eigenvalue weighted by Gasteiger charge is -2.08. The summed E-state index contributed by atoms with van der Waals surface area (Å²) in [6.07, 6.45) is 2.82. The van der Waals surface area contributed by atoms with Crippen LogP contribution in [0.3, 0.4) is 0 Å². The van der Waals surface area contributed by atoms with Crippen molar-refractivity contribution in [2.45, 2.75) is 6.92 Å². The highest BCUT2D eigenvalue weighted by atomic mass is 35.5. The van der Waals surface area contributed by atoms with Crippen molar-refractivity contribution in [3.05, 3.63) is 52.8 Å². The molecule has 27 heavy (non-hydrogen) atoms. The van der Waals surface area contributed by atoms with E-state index in [9.17, 15) is 4.79 Å². The van der Waals surface area contributed by atoms with Gasteiger partial charge in [0.2, 0.25) is 0 Å². The third-order valence-electron chi connectivity index (χ3n) is 4.02. The predicted octanol–water partition coefficient (Wildman–Crippen LogP) is 3.96. The maximum absolute atomic E-state index is 12.1. The molecule has 0 fully saturated rings. The third kappa shape index (κ3) is 2.92. The van der Waals surface area contributed by atoms with Gasteiger partial charge in [-0.15, -0.1) is 11.3 Å². The van der Waals surface area contributed by atoms with Crippen LogP contribution < -0.4 is 5.73 Å². The van der Waals surface area contributed by atoms with Crippen molar-refractivity contribution in [2.75, 3.05) is 12.3 Å². The molecule has 136 valence electrons. The second-order valence-corrected chi connectivity index (χ2v) is 6.85. The van der Waals surface area contributed by atoms with Gasteiger partial charge in [0.15, 0.2) is 5.82 Å². The van der Waals surface area contributed by atoms with Crippen molar-refractivity contribution in [1.82, 2.24) is 19.7 Å². The van der Waals surface area contributed by atoms with E-state index in [1.165, 1.54) is 28.5 Å². The summed E-state index contributed by atoms with van der Waals surface area (Å²) >= 11 is 7.85. The number of carbonyl (C=O) groups is 1. The van der Waals surface area contributed by atoms with Crippen molar-refractivity contribution in [2.24, 2.45) is 0 Å². The lowest BCUT2D eigenvalue weighted by molar-refractivity contribution is 0.0527. The number of thiophene rings is 1. The number of aromatic nitrogens is 4. The first-order chi connectivity index (χ1) is 13.1. The number of carbonyl (C=O) groups excluding carboxylic acids is 1. The van der Waals surface area contributed by atoms with Gasteiger partial charge in [-0.1, -0.05) is 29.8 Å². The summed E-state index contributed by atoms with van der Waals surface area (Å²) in [5, 5.41) is 7.60. The number of fused-ring (bicyclic) bond motifs is 1. The van der Waals surface area contributed by atoms with Crippen LogP contribution in [0.5, 0.6) is 0 Å². The van der Waals surface area contributed by atoms with E-state index in [-0.39, 0.29) is 18.0 Å². The molecular weight excluding hydrogens is 386 g/mol. The molecule has 0 aliphatic carbocycles. The molecule has 9 heteroatoms. The van der Waals surface area contributed by atoms with E-state index in [1.807, 2.05) is 29.6 Å². The molecule has 3 aromatic heterocycles. The Kier molecular flexibility index (Phi) is 4.51. The number of nitrogen functional groups attached to an aromatic ring is 1. The number of halogens is 1. The molecule has 0 saturated carbocycles. The number of nitrogens with two attached hydrogens (primary N) is 1. The van der Waals surface area contributed by atoms with E-state index < -0.39 is 5.97 Å². The number of esters is 1. The summed E-state index contributed by atoms with van der Waals surface area (Å²) in [5.41, 5.74) is 8.09. The minimum atomic E-state index is -0.525. The molecule has 0 atom stereocenters. The highest BCUT2D eigenvalue weighted by Gasteiger charge is 2.21. The number of hydrogen-bond donors (Lipinski definition) is 1. The molecule has 0 spiro atoms. The summed E-state index contributed by atoms with van der Waals surface area (Å²) in [7, 11) is 0. The fourth-order valence-electron chi connectivity index (χ4n) is 2.79. The number of rotatable bonds is 4. The zero-order valence-corrected chi connectivity index (χ0v) is 15.8. The summed E-state index contributed by atoms with van der Waals surface area (Å²) < 4.78 is 6.44. The number of ether oxygens (including phenoxy) is 1. The number of hydrogen-bond acceptors (Lipinski definition) is 7. The van der Waals surface area contributed by atoms with Gasteiger partial charge in [-0.05, 0) is 13.0 Å². The lowest BCUT2D eigenvalue weighted by atomic mass is 10.1. The molecule has 0 aliphatic rings. The highest BCUT2D eigenvalue weighted by Crippen LogP contribution is 2.39. The fourth-order valence-corrected chi connectivity index (χ4v) is 3.93. The van der Waals surface area contributed by atoms with Gasteiger partial charge < -0.3 is 10.5 Å². The first kappa shape index (κ1) is 17.4. The van der Waals surface area contributed by atoms with Crippen LogP contribution in [0.15, 0.2) is 42.2 Å². The predicted molar refractivity (Wildman–Crippen MR) is 105 cm³/mol. The molecule has 4 aromatic rings. The van der Waals surface area contributed by atoms with Crippen LogP contribution in [0.2, 0.25) is 5.02 Å². The van der Waals surface area contributed by atoms with Gasteiger partial charge in [0.05, 0.1) is 18.2 Å². The molecule has 0 aliphatic heterocycles. The van der Waals surface area contributed by atoms with Gasteiger partial charge >= 0.3 is 5.97 Å². The fraction of sp³-hybridized carbons (Fsp3) is 0.111. The largest absolute Gasteiger partial charge is 0.462 e. The second-order valence-electron chi connectivity index (χ2n) is 5.58. The maximum atomic E-state index is 12.1. The normalized spacial score (nSPS) is 11.0. The zero-order valence-electron chi connectivity index (χ0n) is 14.2. The summed E-state index contributed by atoms with van der Waals surface area (Å²) in [4.78, 5) is 21.5. The molecule has 2 N–H and O–H groups in total. The molecular formula is C18H14ClN5O2S. The molecule has 0 bridgehead atoms. The van der Waals surface area contributed by atoms with Crippen molar-refractivity contribution in [3.8, 4) is 16.9 Å². The zero-order chi connectivity index (χ0) is 19.0. The maximum Gasteiger partial charge on any atom is 0.343 e. The van der Waals surface area contributed by atoms with E-state index in [0.29, 0.717) is 10.8 Å². The number of nitrogens with zero attached hydrogens (tertiary/aromatic N) is 4. The van der Waals surface area contributed by atoms with Gasteiger partial charge in [-0.3, -0.25) is 0 Å². The molecule has 7 nitrogen and oxygen atoms in total. The Morgan fingerprint density at radius 2 is 2.11 bits per heavy atom. The molecule has 3 heterocycles. The molecule has 0 radical (unpaired) electrons. The van der Waals surface area contributed by atoms with E-state index in [0.717, 1.165) is 21.3 Å². The van der Waals surface area contributed by atoms with Crippen LogP contribution in [-0.2, 0) is 4.74 Å². The first-order valence-corrected chi connectivity index (χ1v) is 9.35. The highest BCUT2D eigenvalue weighted by molar-refractivity contribution is 7.17. The summed E-state index contributed by atoms with van der Waals surface area (Å²) in [5.74, 6) is 0.108. The van der Waals surface area contributed by atoms with Crippen LogP contribution >= 0.6 is 22.9 Å². The molecule has 0 saturated heterocycles. The molecule has 1 aromatic carbocycles. The average Bonchev–Trinajstić information content (AvgIpc) is 3.26. The van der Waals surface area contributed by atoms with E-state index >= 15 is 0 Å². The Morgan fingerprint density at radius 1 is 1.30 bits per heavy atom. The Hall–Kier alpha value is -2.97. The first-order valence-electron chi connectivity index (χ1n) is 8.10. The lowest BCUT2D eigenvalue weighted by Crippen LogP contribution is -2.10. The Balaban J connectivity index is 1.93. The van der Waals surface area contributed by atoms with E-state index in [4.69, 9.17) is 22.1 Å². The summed E-state index contributed by atoms with van der Waals surface area (Å²) in [6, 6.07) is 7.53. The van der Waals surface area contributed by atoms with Gasteiger partial charge in [0.1, 0.15) is 22.5 Å².